The van der Waals surface area contributed by atoms with Gasteiger partial charge in [0.05, 0.1) is 28.9 Å². The molecule has 0 aliphatic carbocycles. The van der Waals surface area contributed by atoms with Crippen LogP contribution in [0, 0.1) is 0 Å². The Morgan fingerprint density at radius 1 is 1.10 bits per heavy atom. The molecule has 0 N–H and O–H groups in total. The Balaban J connectivity index is 1.83. The molecule has 0 radical (unpaired) electrons. The van der Waals surface area contributed by atoms with Crippen LogP contribution in [0.2, 0.25) is 10.0 Å². The summed E-state index contributed by atoms with van der Waals surface area (Å²) in [7, 11) is 0. The Hall–Kier alpha value is -1.50. The fourth-order valence-electron chi connectivity index (χ4n) is 2.33. The molecule has 1 aromatic heterocycles. The summed E-state index contributed by atoms with van der Waals surface area (Å²) in [6.45, 7) is 0.709. The molecule has 0 bridgehead atoms. The van der Waals surface area contributed by atoms with Gasteiger partial charge < -0.3 is 9.26 Å². The van der Waals surface area contributed by atoms with Gasteiger partial charge in [0.15, 0.2) is 5.75 Å². The van der Waals surface area contributed by atoms with E-state index in [4.69, 9.17) is 37.0 Å². The lowest BCUT2D eigenvalue weighted by molar-refractivity contribution is 0.296. The molecular formula is C19H19Cl2N2O4PS. The van der Waals surface area contributed by atoms with Crippen LogP contribution in [-0.2, 0) is 9.09 Å². The fourth-order valence-corrected chi connectivity index (χ4v) is 6.10. The SMILES string of the molecule is CCCSP(=O)(OCC)Oc1ccc(Cl)c(Oc2cnc3cc(Cl)ccc3n2)c1. The van der Waals surface area contributed by atoms with Crippen molar-refractivity contribution in [1.29, 1.82) is 0 Å². The van der Waals surface area contributed by atoms with E-state index in [1.807, 2.05) is 6.92 Å². The first-order chi connectivity index (χ1) is 13.9. The lowest BCUT2D eigenvalue weighted by Gasteiger charge is -2.18. The molecule has 0 amide bonds. The summed E-state index contributed by atoms with van der Waals surface area (Å²) in [6.07, 6.45) is 2.33. The highest BCUT2D eigenvalue weighted by Gasteiger charge is 2.27. The number of benzene rings is 2. The van der Waals surface area contributed by atoms with Gasteiger partial charge in [0.1, 0.15) is 5.75 Å². The van der Waals surface area contributed by atoms with E-state index in [-0.39, 0.29) is 12.5 Å². The lowest BCUT2D eigenvalue weighted by atomic mass is 10.3. The Morgan fingerprint density at radius 2 is 1.93 bits per heavy atom. The maximum absolute atomic E-state index is 12.9. The molecule has 6 nitrogen and oxygen atoms in total. The largest absolute Gasteiger partial charge is 0.440 e. The third-order valence-corrected chi connectivity index (χ3v) is 8.06. The predicted octanol–water partition coefficient (Wildman–Crippen LogP) is 7.40. The van der Waals surface area contributed by atoms with Crippen LogP contribution in [0.5, 0.6) is 17.4 Å². The molecule has 2 aromatic carbocycles. The first-order valence-corrected chi connectivity index (χ1v) is 12.8. The van der Waals surface area contributed by atoms with Crippen molar-refractivity contribution >= 4 is 52.4 Å². The van der Waals surface area contributed by atoms with Crippen molar-refractivity contribution in [3.05, 3.63) is 52.6 Å². The standard InChI is InChI=1S/C19H19Cl2N2O4PS/c1-3-9-29-28(24,25-4-2)27-14-6-7-15(21)18(11-14)26-19-12-22-17-10-13(20)5-8-16(17)23-19/h5-8,10-12H,3-4,9H2,1-2H3. The molecule has 0 fully saturated rings. The molecule has 3 rings (SSSR count). The summed E-state index contributed by atoms with van der Waals surface area (Å²) in [5.74, 6) is 1.54. The molecule has 0 aliphatic heterocycles. The first-order valence-electron chi connectivity index (χ1n) is 8.91. The first kappa shape index (κ1) is 22.2. The zero-order valence-electron chi connectivity index (χ0n) is 15.8. The van der Waals surface area contributed by atoms with E-state index in [9.17, 15) is 4.57 Å². The molecule has 1 atom stereocenters. The van der Waals surface area contributed by atoms with E-state index in [2.05, 4.69) is 9.97 Å². The summed E-state index contributed by atoms with van der Waals surface area (Å²) in [5, 5.41) is 0.927. The molecule has 3 aromatic rings. The number of halogens is 2. The zero-order chi connectivity index (χ0) is 20.9. The lowest BCUT2D eigenvalue weighted by Crippen LogP contribution is -1.97. The van der Waals surface area contributed by atoms with Crippen LogP contribution in [0.3, 0.4) is 0 Å². The maximum atomic E-state index is 12.9. The smallest absolute Gasteiger partial charge is 0.436 e. The van der Waals surface area contributed by atoms with E-state index in [1.54, 1.807) is 43.3 Å². The zero-order valence-corrected chi connectivity index (χ0v) is 19.0. The minimum absolute atomic E-state index is 0.257. The van der Waals surface area contributed by atoms with Crippen molar-refractivity contribution in [3.8, 4) is 17.4 Å². The highest BCUT2D eigenvalue weighted by molar-refractivity contribution is 8.55. The maximum Gasteiger partial charge on any atom is 0.440 e. The van der Waals surface area contributed by atoms with Gasteiger partial charge in [-0.2, -0.15) is 0 Å². The third kappa shape index (κ3) is 6.00. The number of hydrogen-bond donors (Lipinski definition) is 0. The second kappa shape index (κ2) is 10.0. The number of fused-ring (bicyclic) bond motifs is 1. The Morgan fingerprint density at radius 3 is 2.69 bits per heavy atom. The second-order valence-electron chi connectivity index (χ2n) is 5.83. The van der Waals surface area contributed by atoms with E-state index in [0.717, 1.165) is 17.8 Å². The summed E-state index contributed by atoms with van der Waals surface area (Å²) >= 11 is 13.4. The summed E-state index contributed by atoms with van der Waals surface area (Å²) in [4.78, 5) is 8.69. The van der Waals surface area contributed by atoms with Crippen LogP contribution in [-0.4, -0.2) is 22.3 Å². The number of ether oxygens (including phenoxy) is 1. The van der Waals surface area contributed by atoms with E-state index in [1.165, 1.54) is 6.20 Å². The third-order valence-electron chi connectivity index (χ3n) is 3.56. The molecule has 154 valence electrons. The molecular weight excluding hydrogens is 454 g/mol. The van der Waals surface area contributed by atoms with Crippen LogP contribution in [0.25, 0.3) is 11.0 Å². The molecule has 10 heteroatoms. The van der Waals surface area contributed by atoms with Crippen molar-refractivity contribution in [1.82, 2.24) is 9.97 Å². The van der Waals surface area contributed by atoms with Gasteiger partial charge in [-0.25, -0.2) is 14.5 Å². The molecule has 0 saturated carbocycles. The monoisotopic (exact) mass is 472 g/mol. The molecule has 0 spiro atoms. The van der Waals surface area contributed by atoms with E-state index >= 15 is 0 Å². The fraction of sp³-hybridized carbons (Fsp3) is 0.263. The molecule has 1 heterocycles. The normalized spacial score (nSPS) is 13.2. The van der Waals surface area contributed by atoms with Gasteiger partial charge in [-0.05, 0) is 55.1 Å². The van der Waals surface area contributed by atoms with Gasteiger partial charge in [0.2, 0.25) is 5.88 Å². The van der Waals surface area contributed by atoms with Gasteiger partial charge in [0, 0.05) is 16.8 Å². The summed E-state index contributed by atoms with van der Waals surface area (Å²) < 4.78 is 29.7. The van der Waals surface area contributed by atoms with Crippen molar-refractivity contribution < 1.29 is 18.3 Å². The van der Waals surface area contributed by atoms with Gasteiger partial charge in [-0.15, -0.1) is 0 Å². The average Bonchev–Trinajstić information content (AvgIpc) is 2.69. The van der Waals surface area contributed by atoms with Gasteiger partial charge in [-0.3, -0.25) is 4.52 Å². The number of nitrogens with zero attached hydrogens (tertiary/aromatic N) is 2. The molecule has 0 aliphatic rings. The summed E-state index contributed by atoms with van der Waals surface area (Å²) in [5.41, 5.74) is 1.28. The number of hydrogen-bond acceptors (Lipinski definition) is 7. The summed E-state index contributed by atoms with van der Waals surface area (Å²) in [6, 6.07) is 9.95. The highest BCUT2D eigenvalue weighted by atomic mass is 35.5. The Labute approximate surface area is 183 Å². The second-order valence-corrected chi connectivity index (χ2v) is 10.8. The van der Waals surface area contributed by atoms with Crippen molar-refractivity contribution in [3.63, 3.8) is 0 Å². The van der Waals surface area contributed by atoms with Crippen molar-refractivity contribution in [2.45, 2.75) is 20.3 Å². The van der Waals surface area contributed by atoms with Crippen LogP contribution >= 0.6 is 41.4 Å². The van der Waals surface area contributed by atoms with Gasteiger partial charge in [-0.1, -0.05) is 30.1 Å². The minimum Gasteiger partial charge on any atom is -0.436 e. The topological polar surface area (TPSA) is 70.5 Å². The number of rotatable bonds is 9. The van der Waals surface area contributed by atoms with Gasteiger partial charge >= 0.3 is 6.80 Å². The molecule has 0 saturated heterocycles. The van der Waals surface area contributed by atoms with Crippen molar-refractivity contribution in [2.24, 2.45) is 0 Å². The number of aromatic nitrogens is 2. The average molecular weight is 473 g/mol. The van der Waals surface area contributed by atoms with Crippen LogP contribution < -0.4 is 9.26 Å². The van der Waals surface area contributed by atoms with E-state index in [0.29, 0.717) is 38.3 Å². The molecule has 29 heavy (non-hydrogen) atoms. The predicted molar refractivity (Wildman–Crippen MR) is 119 cm³/mol. The van der Waals surface area contributed by atoms with Crippen LogP contribution in [0.15, 0.2) is 42.6 Å². The Bertz CT molecular complexity index is 1050. The van der Waals surface area contributed by atoms with Crippen molar-refractivity contribution in [2.75, 3.05) is 12.4 Å². The van der Waals surface area contributed by atoms with Crippen LogP contribution in [0.1, 0.15) is 20.3 Å². The minimum atomic E-state index is -3.33. The molecule has 1 unspecified atom stereocenters. The highest BCUT2D eigenvalue weighted by Crippen LogP contribution is 2.60. The Kier molecular flexibility index (Phi) is 7.66. The van der Waals surface area contributed by atoms with E-state index < -0.39 is 6.80 Å². The van der Waals surface area contributed by atoms with Gasteiger partial charge in [0.25, 0.3) is 0 Å². The van der Waals surface area contributed by atoms with Crippen LogP contribution in [0.4, 0.5) is 0 Å². The quantitative estimate of drug-likeness (QED) is 0.300.